The fourth-order valence-corrected chi connectivity index (χ4v) is 0.953. The Labute approximate surface area is 95.0 Å². The molecule has 5 heteroatoms. The summed E-state index contributed by atoms with van der Waals surface area (Å²) in [5.74, 6) is 0. The van der Waals surface area contributed by atoms with E-state index in [9.17, 15) is 0 Å². The largest absolute Gasteiger partial charge is 0.461 e. The molecule has 0 radical (unpaired) electrons. The monoisotopic (exact) mass is 221 g/mol. The molecule has 0 unspecified atom stereocenters. The highest BCUT2D eigenvalue weighted by atomic mass is 16.5. The van der Waals surface area contributed by atoms with Crippen molar-refractivity contribution in [1.82, 2.24) is 9.97 Å². The van der Waals surface area contributed by atoms with E-state index in [1.165, 1.54) is 12.3 Å². The summed E-state index contributed by atoms with van der Waals surface area (Å²) in [5.41, 5.74) is 0.111. The third-order valence-corrected chi connectivity index (χ3v) is 1.60. The van der Waals surface area contributed by atoms with E-state index in [0.29, 0.717) is 18.9 Å². The first-order valence-corrected chi connectivity index (χ1v) is 5.01. The zero-order valence-corrected chi connectivity index (χ0v) is 9.73. The summed E-state index contributed by atoms with van der Waals surface area (Å²) < 4.78 is 10.7. The highest BCUT2D eigenvalue weighted by molar-refractivity contribution is 5.19. The van der Waals surface area contributed by atoms with Crippen LogP contribution in [0, 0.1) is 11.3 Å². The molecule has 0 spiro atoms. The van der Waals surface area contributed by atoms with Gasteiger partial charge in [0.1, 0.15) is 18.4 Å². The topological polar surface area (TPSA) is 68.0 Å². The molecular formula is C11H15N3O2. The van der Waals surface area contributed by atoms with Crippen LogP contribution in [0.25, 0.3) is 0 Å². The smallest absolute Gasteiger partial charge is 0.317 e. The van der Waals surface area contributed by atoms with E-state index in [1.807, 2.05) is 26.8 Å². The molecule has 0 saturated carbocycles. The summed E-state index contributed by atoms with van der Waals surface area (Å²) >= 11 is 0. The summed E-state index contributed by atoms with van der Waals surface area (Å²) in [5, 5.41) is 8.62. The predicted octanol–water partition coefficient (Wildman–Crippen LogP) is 1.54. The van der Waals surface area contributed by atoms with Crippen LogP contribution in [0.4, 0.5) is 0 Å². The third-order valence-electron chi connectivity index (χ3n) is 1.60. The van der Waals surface area contributed by atoms with Crippen LogP contribution in [0.5, 0.6) is 6.01 Å². The highest BCUT2D eigenvalue weighted by Crippen LogP contribution is 2.06. The summed E-state index contributed by atoms with van der Waals surface area (Å²) in [7, 11) is 0. The molecule has 86 valence electrons. The summed E-state index contributed by atoms with van der Waals surface area (Å²) in [6.07, 6.45) is 1.49. The quantitative estimate of drug-likeness (QED) is 0.721. The Balaban J connectivity index is 2.35. The van der Waals surface area contributed by atoms with Crippen LogP contribution in [0.2, 0.25) is 0 Å². The molecule has 0 aliphatic carbocycles. The van der Waals surface area contributed by atoms with Crippen molar-refractivity contribution in [3.05, 3.63) is 18.0 Å². The molecule has 1 aromatic heterocycles. The van der Waals surface area contributed by atoms with Crippen LogP contribution in [0.3, 0.4) is 0 Å². The number of ether oxygens (including phenoxy) is 2. The maximum Gasteiger partial charge on any atom is 0.317 e. The second-order valence-electron chi connectivity index (χ2n) is 4.15. The number of hydrogen-bond donors (Lipinski definition) is 0. The van der Waals surface area contributed by atoms with Crippen molar-refractivity contribution in [3.63, 3.8) is 0 Å². The van der Waals surface area contributed by atoms with Crippen molar-refractivity contribution in [2.24, 2.45) is 0 Å². The second kappa shape index (κ2) is 5.42. The van der Waals surface area contributed by atoms with E-state index >= 15 is 0 Å². The van der Waals surface area contributed by atoms with Crippen LogP contribution in [0.15, 0.2) is 12.3 Å². The van der Waals surface area contributed by atoms with Crippen molar-refractivity contribution in [1.29, 1.82) is 5.26 Å². The molecule has 1 aromatic rings. The Morgan fingerprint density at radius 3 is 2.75 bits per heavy atom. The van der Waals surface area contributed by atoms with Crippen LogP contribution in [0.1, 0.15) is 26.5 Å². The van der Waals surface area contributed by atoms with Gasteiger partial charge in [0.25, 0.3) is 0 Å². The van der Waals surface area contributed by atoms with E-state index in [-0.39, 0.29) is 11.6 Å². The van der Waals surface area contributed by atoms with Gasteiger partial charge in [0, 0.05) is 6.20 Å². The molecule has 0 fully saturated rings. The third kappa shape index (κ3) is 4.71. The van der Waals surface area contributed by atoms with Gasteiger partial charge in [0.05, 0.1) is 12.2 Å². The summed E-state index contributed by atoms with van der Waals surface area (Å²) in [4.78, 5) is 7.76. The van der Waals surface area contributed by atoms with Crippen LogP contribution < -0.4 is 4.74 Å². The predicted molar refractivity (Wildman–Crippen MR) is 57.9 cm³/mol. The number of aromatic nitrogens is 2. The van der Waals surface area contributed by atoms with Crippen LogP contribution in [-0.4, -0.2) is 28.8 Å². The normalized spacial score (nSPS) is 10.9. The molecule has 0 aliphatic rings. The highest BCUT2D eigenvalue weighted by Gasteiger charge is 2.09. The van der Waals surface area contributed by atoms with Gasteiger partial charge in [0.15, 0.2) is 0 Å². The van der Waals surface area contributed by atoms with E-state index < -0.39 is 0 Å². The van der Waals surface area contributed by atoms with Gasteiger partial charge in [-0.3, -0.25) is 0 Å². The average molecular weight is 221 g/mol. The zero-order valence-electron chi connectivity index (χ0n) is 9.73. The Bertz CT molecular complexity index is 380. The minimum absolute atomic E-state index is 0.182. The van der Waals surface area contributed by atoms with E-state index in [0.717, 1.165) is 0 Å². The average Bonchev–Trinajstić information content (AvgIpc) is 2.23. The fourth-order valence-electron chi connectivity index (χ4n) is 0.953. The van der Waals surface area contributed by atoms with Gasteiger partial charge < -0.3 is 9.47 Å². The van der Waals surface area contributed by atoms with Crippen molar-refractivity contribution < 1.29 is 9.47 Å². The lowest BCUT2D eigenvalue weighted by molar-refractivity contribution is -0.0173. The van der Waals surface area contributed by atoms with E-state index in [1.54, 1.807) is 0 Å². The van der Waals surface area contributed by atoms with Gasteiger partial charge in [0.2, 0.25) is 0 Å². The molecular weight excluding hydrogens is 206 g/mol. The second-order valence-corrected chi connectivity index (χ2v) is 4.15. The van der Waals surface area contributed by atoms with Crippen LogP contribution >= 0.6 is 0 Å². The van der Waals surface area contributed by atoms with Gasteiger partial charge in [-0.1, -0.05) is 0 Å². The lowest BCUT2D eigenvalue weighted by Crippen LogP contribution is -2.22. The van der Waals surface area contributed by atoms with Crippen molar-refractivity contribution >= 4 is 0 Å². The van der Waals surface area contributed by atoms with Gasteiger partial charge in [-0.2, -0.15) is 10.2 Å². The molecule has 0 aromatic carbocycles. The first kappa shape index (κ1) is 12.4. The number of nitrogens with zero attached hydrogens (tertiary/aromatic N) is 3. The lowest BCUT2D eigenvalue weighted by Gasteiger charge is -2.19. The Morgan fingerprint density at radius 1 is 1.38 bits per heavy atom. The fraction of sp³-hybridized carbons (Fsp3) is 0.545. The minimum Gasteiger partial charge on any atom is -0.461 e. The van der Waals surface area contributed by atoms with Gasteiger partial charge in [-0.25, -0.2) is 4.98 Å². The maximum atomic E-state index is 8.62. The molecule has 0 aliphatic heterocycles. The Hall–Kier alpha value is -1.67. The Morgan fingerprint density at radius 2 is 2.12 bits per heavy atom. The number of nitriles is 1. The summed E-state index contributed by atoms with van der Waals surface area (Å²) in [6, 6.07) is 3.65. The van der Waals surface area contributed by atoms with Crippen LogP contribution in [-0.2, 0) is 4.74 Å². The van der Waals surface area contributed by atoms with Gasteiger partial charge in [-0.15, -0.1) is 0 Å². The Kier molecular flexibility index (Phi) is 4.20. The van der Waals surface area contributed by atoms with E-state index in [2.05, 4.69) is 9.97 Å². The molecule has 0 amide bonds. The molecule has 0 saturated heterocycles. The molecule has 1 heterocycles. The molecule has 0 atom stereocenters. The molecule has 16 heavy (non-hydrogen) atoms. The molecule has 5 nitrogen and oxygen atoms in total. The van der Waals surface area contributed by atoms with Gasteiger partial charge >= 0.3 is 6.01 Å². The standard InChI is InChI=1S/C11H15N3O2/c1-11(2,3)16-7-6-15-10-13-5-4-9(8-12)14-10/h4-5H,6-7H2,1-3H3. The van der Waals surface area contributed by atoms with Crippen molar-refractivity contribution in [2.45, 2.75) is 26.4 Å². The number of rotatable bonds is 4. The lowest BCUT2D eigenvalue weighted by atomic mass is 10.2. The maximum absolute atomic E-state index is 8.62. The zero-order chi connectivity index (χ0) is 12.0. The SMILES string of the molecule is CC(C)(C)OCCOc1nccc(C#N)n1. The number of hydrogen-bond acceptors (Lipinski definition) is 5. The minimum atomic E-state index is -0.182. The van der Waals surface area contributed by atoms with Crippen molar-refractivity contribution in [2.75, 3.05) is 13.2 Å². The first-order chi connectivity index (χ1) is 7.51. The molecule has 0 bridgehead atoms. The molecule has 1 rings (SSSR count). The summed E-state index contributed by atoms with van der Waals surface area (Å²) in [6.45, 7) is 6.75. The molecule has 0 N–H and O–H groups in total. The first-order valence-electron chi connectivity index (χ1n) is 5.01. The van der Waals surface area contributed by atoms with E-state index in [4.69, 9.17) is 14.7 Å². The van der Waals surface area contributed by atoms with Crippen molar-refractivity contribution in [3.8, 4) is 12.1 Å². The van der Waals surface area contributed by atoms with Gasteiger partial charge in [-0.05, 0) is 26.8 Å².